The molecule has 21 heavy (non-hydrogen) atoms. The zero-order valence-electron chi connectivity index (χ0n) is 12.8. The number of nitrogens with one attached hydrogen (secondary N) is 2. The summed E-state index contributed by atoms with van der Waals surface area (Å²) in [5, 5.41) is 5.70. The molecule has 0 radical (unpaired) electrons. The summed E-state index contributed by atoms with van der Waals surface area (Å²) < 4.78 is 0. The number of fused-ring (bicyclic) bond motifs is 1. The van der Waals surface area contributed by atoms with Gasteiger partial charge in [0.1, 0.15) is 0 Å². The monoisotopic (exact) mass is 289 g/mol. The molecule has 0 fully saturated rings. The summed E-state index contributed by atoms with van der Waals surface area (Å²) in [6.45, 7) is 6.06. The number of aryl methyl sites for hydroxylation is 1. The highest BCUT2D eigenvalue weighted by Gasteiger charge is 2.23. The van der Waals surface area contributed by atoms with Crippen LogP contribution >= 0.6 is 0 Å². The SMILES string of the molecule is CC(C)(C)C(N)CC(=O)Nc1ccc2c(c1)CCC(=O)N2. The van der Waals surface area contributed by atoms with Gasteiger partial charge in [0.15, 0.2) is 0 Å². The van der Waals surface area contributed by atoms with E-state index >= 15 is 0 Å². The molecule has 0 saturated heterocycles. The van der Waals surface area contributed by atoms with E-state index in [9.17, 15) is 9.59 Å². The van der Waals surface area contributed by atoms with E-state index in [1.165, 1.54) is 0 Å². The van der Waals surface area contributed by atoms with Crippen LogP contribution in [0, 0.1) is 5.41 Å². The molecule has 1 aliphatic heterocycles. The maximum Gasteiger partial charge on any atom is 0.225 e. The minimum atomic E-state index is -0.186. The molecule has 1 aromatic carbocycles. The summed E-state index contributed by atoms with van der Waals surface area (Å²) in [6, 6.07) is 5.35. The lowest BCUT2D eigenvalue weighted by atomic mass is 9.85. The fourth-order valence-electron chi connectivity index (χ4n) is 2.18. The Morgan fingerprint density at radius 3 is 2.76 bits per heavy atom. The standard InChI is InChI=1S/C16H23N3O2/c1-16(2,3)13(17)9-15(21)18-11-5-6-12-10(8-11)4-7-14(20)19-12/h5-6,8,13H,4,7,9,17H2,1-3H3,(H,18,21)(H,19,20). The Labute approximate surface area is 125 Å². The van der Waals surface area contributed by atoms with Gasteiger partial charge in [0.2, 0.25) is 11.8 Å². The zero-order chi connectivity index (χ0) is 15.6. The van der Waals surface area contributed by atoms with E-state index < -0.39 is 0 Å². The van der Waals surface area contributed by atoms with Gasteiger partial charge < -0.3 is 16.4 Å². The van der Waals surface area contributed by atoms with Crippen molar-refractivity contribution in [2.75, 3.05) is 10.6 Å². The van der Waals surface area contributed by atoms with E-state index in [4.69, 9.17) is 5.73 Å². The molecule has 5 nitrogen and oxygen atoms in total. The van der Waals surface area contributed by atoms with Gasteiger partial charge in [-0.25, -0.2) is 0 Å². The number of carbonyl (C=O) groups is 2. The molecule has 0 spiro atoms. The number of carbonyl (C=O) groups excluding carboxylic acids is 2. The van der Waals surface area contributed by atoms with Crippen LogP contribution in [0.5, 0.6) is 0 Å². The number of hydrogen-bond acceptors (Lipinski definition) is 3. The van der Waals surface area contributed by atoms with Crippen LogP contribution in [0.15, 0.2) is 18.2 Å². The van der Waals surface area contributed by atoms with Gasteiger partial charge in [-0.2, -0.15) is 0 Å². The van der Waals surface area contributed by atoms with E-state index in [2.05, 4.69) is 10.6 Å². The summed E-state index contributed by atoms with van der Waals surface area (Å²) in [7, 11) is 0. The summed E-state index contributed by atoms with van der Waals surface area (Å²) in [5.41, 5.74) is 8.55. The van der Waals surface area contributed by atoms with Crippen molar-refractivity contribution in [3.63, 3.8) is 0 Å². The number of benzene rings is 1. The van der Waals surface area contributed by atoms with Crippen molar-refractivity contribution < 1.29 is 9.59 Å². The summed E-state index contributed by atoms with van der Waals surface area (Å²) in [6.07, 6.45) is 1.48. The Morgan fingerprint density at radius 2 is 2.10 bits per heavy atom. The molecule has 1 unspecified atom stereocenters. The van der Waals surface area contributed by atoms with Crippen molar-refractivity contribution in [1.82, 2.24) is 0 Å². The molecule has 1 heterocycles. The Balaban J connectivity index is 2.00. The smallest absolute Gasteiger partial charge is 0.225 e. The minimum Gasteiger partial charge on any atom is -0.327 e. The van der Waals surface area contributed by atoms with E-state index in [0.29, 0.717) is 12.8 Å². The average molecular weight is 289 g/mol. The predicted octanol–water partition coefficient (Wildman–Crippen LogP) is 2.27. The van der Waals surface area contributed by atoms with E-state index in [-0.39, 0.29) is 29.7 Å². The van der Waals surface area contributed by atoms with Gasteiger partial charge in [-0.1, -0.05) is 20.8 Å². The topological polar surface area (TPSA) is 84.2 Å². The van der Waals surface area contributed by atoms with Crippen LogP contribution in [0.25, 0.3) is 0 Å². The van der Waals surface area contributed by atoms with E-state index in [1.54, 1.807) is 6.07 Å². The maximum absolute atomic E-state index is 12.0. The fourth-order valence-corrected chi connectivity index (χ4v) is 2.18. The van der Waals surface area contributed by atoms with Crippen molar-refractivity contribution >= 4 is 23.2 Å². The van der Waals surface area contributed by atoms with Crippen LogP contribution in [0.1, 0.15) is 39.2 Å². The zero-order valence-corrected chi connectivity index (χ0v) is 12.8. The molecule has 2 amide bonds. The first kappa shape index (κ1) is 15.5. The van der Waals surface area contributed by atoms with Crippen molar-refractivity contribution in [3.05, 3.63) is 23.8 Å². The summed E-state index contributed by atoms with van der Waals surface area (Å²) in [4.78, 5) is 23.3. The molecule has 0 aliphatic carbocycles. The fraction of sp³-hybridized carbons (Fsp3) is 0.500. The van der Waals surface area contributed by atoms with Crippen LogP contribution < -0.4 is 16.4 Å². The third-order valence-electron chi connectivity index (χ3n) is 3.80. The van der Waals surface area contributed by atoms with Gasteiger partial charge in [-0.3, -0.25) is 9.59 Å². The number of amides is 2. The van der Waals surface area contributed by atoms with Gasteiger partial charge in [0.25, 0.3) is 0 Å². The third-order valence-corrected chi connectivity index (χ3v) is 3.80. The second kappa shape index (κ2) is 5.85. The highest BCUT2D eigenvalue weighted by atomic mass is 16.2. The van der Waals surface area contributed by atoms with Gasteiger partial charge in [-0.05, 0) is 35.6 Å². The van der Waals surface area contributed by atoms with Crippen molar-refractivity contribution in [3.8, 4) is 0 Å². The van der Waals surface area contributed by atoms with E-state index in [1.807, 2.05) is 32.9 Å². The number of anilines is 2. The number of nitrogens with two attached hydrogens (primary N) is 1. The lowest BCUT2D eigenvalue weighted by molar-refractivity contribution is -0.117. The molecule has 1 atom stereocenters. The number of hydrogen-bond donors (Lipinski definition) is 3. The van der Waals surface area contributed by atoms with Gasteiger partial charge in [-0.15, -0.1) is 0 Å². The van der Waals surface area contributed by atoms with Crippen molar-refractivity contribution in [1.29, 1.82) is 0 Å². The lowest BCUT2D eigenvalue weighted by Gasteiger charge is -2.26. The summed E-state index contributed by atoms with van der Waals surface area (Å²) in [5.74, 6) is -0.0485. The normalized spacial score (nSPS) is 15.9. The molecule has 114 valence electrons. The van der Waals surface area contributed by atoms with Crippen LogP contribution in [0.3, 0.4) is 0 Å². The first-order chi connectivity index (χ1) is 9.75. The molecule has 2 rings (SSSR count). The second-order valence-corrected chi connectivity index (χ2v) is 6.64. The summed E-state index contributed by atoms with van der Waals surface area (Å²) >= 11 is 0. The van der Waals surface area contributed by atoms with Gasteiger partial charge in [0, 0.05) is 30.3 Å². The highest BCUT2D eigenvalue weighted by molar-refractivity contribution is 5.95. The highest BCUT2D eigenvalue weighted by Crippen LogP contribution is 2.26. The predicted molar refractivity (Wildman–Crippen MR) is 84.1 cm³/mol. The minimum absolute atomic E-state index is 0.0374. The Bertz CT molecular complexity index is 561. The van der Waals surface area contributed by atoms with Crippen molar-refractivity contribution in [2.24, 2.45) is 11.1 Å². The molecular weight excluding hydrogens is 266 g/mol. The Morgan fingerprint density at radius 1 is 1.38 bits per heavy atom. The largest absolute Gasteiger partial charge is 0.327 e. The second-order valence-electron chi connectivity index (χ2n) is 6.64. The molecule has 4 N–H and O–H groups in total. The third kappa shape index (κ3) is 4.04. The molecule has 0 bridgehead atoms. The van der Waals surface area contributed by atoms with Gasteiger partial charge >= 0.3 is 0 Å². The lowest BCUT2D eigenvalue weighted by Crippen LogP contribution is -2.38. The first-order valence-corrected chi connectivity index (χ1v) is 7.24. The quantitative estimate of drug-likeness (QED) is 0.798. The molecular formula is C16H23N3O2. The first-order valence-electron chi connectivity index (χ1n) is 7.24. The molecule has 1 aliphatic rings. The maximum atomic E-state index is 12.0. The average Bonchev–Trinajstić information content (AvgIpc) is 2.37. The Kier molecular flexibility index (Phi) is 4.32. The van der Waals surface area contributed by atoms with Crippen molar-refractivity contribution in [2.45, 2.75) is 46.1 Å². The molecule has 0 saturated carbocycles. The van der Waals surface area contributed by atoms with Gasteiger partial charge in [0.05, 0.1) is 0 Å². The van der Waals surface area contributed by atoms with Crippen LogP contribution in [0.4, 0.5) is 11.4 Å². The molecule has 0 aromatic heterocycles. The van der Waals surface area contributed by atoms with E-state index in [0.717, 1.165) is 16.9 Å². The van der Waals surface area contributed by atoms with Crippen LogP contribution in [0.2, 0.25) is 0 Å². The number of rotatable bonds is 3. The Hall–Kier alpha value is -1.88. The van der Waals surface area contributed by atoms with Crippen LogP contribution in [-0.2, 0) is 16.0 Å². The van der Waals surface area contributed by atoms with Crippen LogP contribution in [-0.4, -0.2) is 17.9 Å². The molecule has 1 aromatic rings. The molecule has 5 heteroatoms.